The minimum Gasteiger partial charge on any atom is -0.320 e. The number of hydrogen-bond donors (Lipinski definition) is 1. The normalized spacial score (nSPS) is 20.1. The van der Waals surface area contributed by atoms with E-state index in [9.17, 15) is 4.79 Å². The van der Waals surface area contributed by atoms with Crippen LogP contribution in [0.15, 0.2) is 36.9 Å². The number of carbonyl (C=O) groups excluding carboxylic acids is 1. The fourth-order valence-electron chi connectivity index (χ4n) is 2.49. The highest BCUT2D eigenvalue weighted by Gasteiger charge is 2.28. The van der Waals surface area contributed by atoms with E-state index in [1.165, 1.54) is 5.56 Å². The number of para-hydroxylation sites is 1. The third kappa shape index (κ3) is 2.46. The van der Waals surface area contributed by atoms with Crippen LogP contribution in [0.5, 0.6) is 0 Å². The first-order valence-electron chi connectivity index (χ1n) is 6.39. The molecule has 0 fully saturated rings. The summed E-state index contributed by atoms with van der Waals surface area (Å²) >= 11 is 0. The molecule has 1 heterocycles. The van der Waals surface area contributed by atoms with E-state index >= 15 is 0 Å². The first kappa shape index (κ1) is 12.8. The molecule has 0 saturated carbocycles. The molecule has 96 valence electrons. The predicted octanol–water partition coefficient (Wildman–Crippen LogP) is 2.12. The topological polar surface area (TPSA) is 46.3 Å². The standard InChI is InChI=1S/C15H20N2O/c1-3-6-13(16)15(18)17-10-11(2)9-12-7-4-5-8-14(12)17/h3-5,7-8,11,13H,1,6,9-10,16H2,2H3. The molecule has 1 aromatic rings. The highest BCUT2D eigenvalue weighted by Crippen LogP contribution is 2.29. The maximum absolute atomic E-state index is 12.3. The van der Waals surface area contributed by atoms with Crippen LogP contribution in [0.2, 0.25) is 0 Å². The van der Waals surface area contributed by atoms with Gasteiger partial charge < -0.3 is 10.6 Å². The van der Waals surface area contributed by atoms with Crippen LogP contribution in [0, 0.1) is 5.92 Å². The number of carbonyl (C=O) groups is 1. The van der Waals surface area contributed by atoms with E-state index in [0.29, 0.717) is 12.3 Å². The first-order valence-corrected chi connectivity index (χ1v) is 6.39. The zero-order valence-corrected chi connectivity index (χ0v) is 10.8. The van der Waals surface area contributed by atoms with Crippen molar-refractivity contribution in [3.05, 3.63) is 42.5 Å². The maximum atomic E-state index is 12.3. The Morgan fingerprint density at radius 2 is 2.33 bits per heavy atom. The summed E-state index contributed by atoms with van der Waals surface area (Å²) in [5, 5.41) is 0. The van der Waals surface area contributed by atoms with Crippen LogP contribution in [0.1, 0.15) is 18.9 Å². The third-order valence-corrected chi connectivity index (χ3v) is 3.35. The zero-order chi connectivity index (χ0) is 13.1. The number of hydrogen-bond acceptors (Lipinski definition) is 2. The van der Waals surface area contributed by atoms with Gasteiger partial charge in [-0.25, -0.2) is 0 Å². The van der Waals surface area contributed by atoms with Gasteiger partial charge in [0.2, 0.25) is 5.91 Å². The quantitative estimate of drug-likeness (QED) is 0.828. The van der Waals surface area contributed by atoms with E-state index in [1.807, 2.05) is 23.1 Å². The van der Waals surface area contributed by atoms with E-state index < -0.39 is 6.04 Å². The Hall–Kier alpha value is -1.61. The van der Waals surface area contributed by atoms with Crippen LogP contribution in [0.3, 0.4) is 0 Å². The smallest absolute Gasteiger partial charge is 0.244 e. The molecule has 2 atom stereocenters. The lowest BCUT2D eigenvalue weighted by Gasteiger charge is -2.34. The summed E-state index contributed by atoms with van der Waals surface area (Å²) in [6.07, 6.45) is 3.24. The van der Waals surface area contributed by atoms with Crippen molar-refractivity contribution < 1.29 is 4.79 Å². The lowest BCUT2D eigenvalue weighted by Crippen LogP contribution is -2.47. The van der Waals surface area contributed by atoms with Crippen molar-refractivity contribution in [1.82, 2.24) is 0 Å². The second-order valence-electron chi connectivity index (χ2n) is 5.02. The molecule has 3 nitrogen and oxygen atoms in total. The summed E-state index contributed by atoms with van der Waals surface area (Å²) in [5.41, 5.74) is 8.14. The minimum absolute atomic E-state index is 0.00565. The van der Waals surface area contributed by atoms with Gasteiger partial charge in [0.1, 0.15) is 0 Å². The van der Waals surface area contributed by atoms with Gasteiger partial charge in [-0.1, -0.05) is 31.2 Å². The van der Waals surface area contributed by atoms with Gasteiger partial charge in [-0.2, -0.15) is 0 Å². The molecule has 1 aliphatic heterocycles. The molecule has 0 spiro atoms. The lowest BCUT2D eigenvalue weighted by molar-refractivity contribution is -0.120. The minimum atomic E-state index is -0.485. The molecule has 0 bridgehead atoms. The van der Waals surface area contributed by atoms with Gasteiger partial charge in [0, 0.05) is 12.2 Å². The molecule has 2 rings (SSSR count). The Balaban J connectivity index is 2.28. The van der Waals surface area contributed by atoms with Crippen LogP contribution in [-0.4, -0.2) is 18.5 Å². The Morgan fingerprint density at radius 1 is 1.61 bits per heavy atom. The first-order chi connectivity index (χ1) is 8.63. The molecular weight excluding hydrogens is 224 g/mol. The molecule has 2 unspecified atom stereocenters. The average Bonchev–Trinajstić information content (AvgIpc) is 2.37. The molecule has 1 aliphatic rings. The number of nitrogens with zero attached hydrogens (tertiary/aromatic N) is 1. The largest absolute Gasteiger partial charge is 0.320 e. The number of nitrogens with two attached hydrogens (primary N) is 1. The van der Waals surface area contributed by atoms with Gasteiger partial charge in [-0.15, -0.1) is 6.58 Å². The second kappa shape index (κ2) is 5.36. The zero-order valence-electron chi connectivity index (χ0n) is 10.8. The second-order valence-corrected chi connectivity index (χ2v) is 5.02. The van der Waals surface area contributed by atoms with Gasteiger partial charge >= 0.3 is 0 Å². The van der Waals surface area contributed by atoms with Crippen molar-refractivity contribution in [2.75, 3.05) is 11.4 Å². The van der Waals surface area contributed by atoms with Crippen molar-refractivity contribution in [3.8, 4) is 0 Å². The Labute approximate surface area is 108 Å². The van der Waals surface area contributed by atoms with Crippen molar-refractivity contribution >= 4 is 11.6 Å². The van der Waals surface area contributed by atoms with E-state index in [1.54, 1.807) is 6.08 Å². The van der Waals surface area contributed by atoms with Crippen LogP contribution in [0.25, 0.3) is 0 Å². The molecule has 0 saturated heterocycles. The molecule has 1 aromatic carbocycles. The number of benzene rings is 1. The summed E-state index contributed by atoms with van der Waals surface area (Å²) < 4.78 is 0. The summed E-state index contributed by atoms with van der Waals surface area (Å²) in [7, 11) is 0. The van der Waals surface area contributed by atoms with Gasteiger partial charge in [-0.05, 0) is 30.4 Å². The molecule has 0 aliphatic carbocycles. The van der Waals surface area contributed by atoms with Crippen LogP contribution >= 0.6 is 0 Å². The van der Waals surface area contributed by atoms with Gasteiger partial charge in [0.25, 0.3) is 0 Å². The fraction of sp³-hybridized carbons (Fsp3) is 0.400. The summed E-state index contributed by atoms with van der Waals surface area (Å²) in [6, 6.07) is 7.59. The van der Waals surface area contributed by atoms with Crippen LogP contribution < -0.4 is 10.6 Å². The number of fused-ring (bicyclic) bond motifs is 1. The number of anilines is 1. The van der Waals surface area contributed by atoms with Crippen molar-refractivity contribution in [1.29, 1.82) is 0 Å². The van der Waals surface area contributed by atoms with Crippen molar-refractivity contribution in [2.45, 2.75) is 25.8 Å². The van der Waals surface area contributed by atoms with Crippen molar-refractivity contribution in [3.63, 3.8) is 0 Å². The highest BCUT2D eigenvalue weighted by molar-refractivity contribution is 5.98. The van der Waals surface area contributed by atoms with E-state index in [2.05, 4.69) is 19.6 Å². The Morgan fingerprint density at radius 3 is 3.06 bits per heavy atom. The highest BCUT2D eigenvalue weighted by atomic mass is 16.2. The molecular formula is C15H20N2O. The monoisotopic (exact) mass is 244 g/mol. The maximum Gasteiger partial charge on any atom is 0.244 e. The molecule has 0 radical (unpaired) electrons. The molecule has 3 heteroatoms. The predicted molar refractivity (Wildman–Crippen MR) is 74.5 cm³/mol. The van der Waals surface area contributed by atoms with Crippen LogP contribution in [-0.2, 0) is 11.2 Å². The molecule has 2 N–H and O–H groups in total. The van der Waals surface area contributed by atoms with E-state index in [4.69, 9.17) is 5.73 Å². The van der Waals surface area contributed by atoms with Gasteiger partial charge in [0.15, 0.2) is 0 Å². The number of amides is 1. The number of rotatable bonds is 3. The molecule has 1 amide bonds. The molecule has 0 aromatic heterocycles. The van der Waals surface area contributed by atoms with Gasteiger partial charge in [0.05, 0.1) is 6.04 Å². The summed E-state index contributed by atoms with van der Waals surface area (Å²) in [4.78, 5) is 14.2. The SMILES string of the molecule is C=CCC(N)C(=O)N1CC(C)Cc2ccccc21. The average molecular weight is 244 g/mol. The Kier molecular flexibility index (Phi) is 3.82. The van der Waals surface area contributed by atoms with Crippen LogP contribution in [0.4, 0.5) is 5.69 Å². The van der Waals surface area contributed by atoms with E-state index in [0.717, 1.165) is 18.7 Å². The molecule has 18 heavy (non-hydrogen) atoms. The fourth-order valence-corrected chi connectivity index (χ4v) is 2.49. The van der Waals surface area contributed by atoms with Crippen molar-refractivity contribution in [2.24, 2.45) is 11.7 Å². The Bertz CT molecular complexity index is 456. The summed E-state index contributed by atoms with van der Waals surface area (Å²) in [5.74, 6) is 0.466. The van der Waals surface area contributed by atoms with E-state index in [-0.39, 0.29) is 5.91 Å². The summed E-state index contributed by atoms with van der Waals surface area (Å²) in [6.45, 7) is 6.55. The third-order valence-electron chi connectivity index (χ3n) is 3.35. The lowest BCUT2D eigenvalue weighted by atomic mass is 9.93. The van der Waals surface area contributed by atoms with Gasteiger partial charge in [-0.3, -0.25) is 4.79 Å².